The average Bonchev–Trinajstić information content (AvgIpc) is 2.37. The van der Waals surface area contributed by atoms with Gasteiger partial charge < -0.3 is 5.73 Å². The van der Waals surface area contributed by atoms with Crippen molar-refractivity contribution in [3.63, 3.8) is 0 Å². The van der Waals surface area contributed by atoms with Gasteiger partial charge >= 0.3 is 0 Å². The molecule has 1 aliphatic heterocycles. The molecule has 2 rings (SSSR count). The van der Waals surface area contributed by atoms with E-state index in [2.05, 4.69) is 36.9 Å². The number of hydrogen-bond donors (Lipinski definition) is 1. The molecule has 0 saturated heterocycles. The summed E-state index contributed by atoms with van der Waals surface area (Å²) in [5.74, 6) is 0.683. The van der Waals surface area contributed by atoms with Gasteiger partial charge in [0.15, 0.2) is 0 Å². The van der Waals surface area contributed by atoms with Crippen molar-refractivity contribution >= 4 is 0 Å². The topological polar surface area (TPSA) is 29.3 Å². The Bertz CT molecular complexity index is 373. The lowest BCUT2D eigenvalue weighted by Gasteiger charge is -2.29. The molecule has 1 unspecified atom stereocenters. The first kappa shape index (κ1) is 12.6. The molecule has 1 atom stereocenters. The largest absolute Gasteiger partial charge is 0.329 e. The molecular weight excluding hydrogens is 208 g/mol. The number of benzene rings is 1. The first-order valence-corrected chi connectivity index (χ1v) is 6.78. The van der Waals surface area contributed by atoms with Crippen molar-refractivity contribution in [3.05, 3.63) is 34.9 Å². The maximum atomic E-state index is 5.62. The predicted molar refractivity (Wildman–Crippen MR) is 73.2 cm³/mol. The Morgan fingerprint density at radius 1 is 1.35 bits per heavy atom. The van der Waals surface area contributed by atoms with Gasteiger partial charge in [0.05, 0.1) is 0 Å². The molecule has 2 nitrogen and oxygen atoms in total. The van der Waals surface area contributed by atoms with Gasteiger partial charge in [0, 0.05) is 26.2 Å². The van der Waals surface area contributed by atoms with Crippen LogP contribution < -0.4 is 5.73 Å². The van der Waals surface area contributed by atoms with Crippen LogP contribution in [-0.2, 0) is 13.0 Å². The first-order chi connectivity index (χ1) is 8.24. The molecule has 0 aliphatic carbocycles. The molecule has 0 saturated carbocycles. The fraction of sp³-hybridized carbons (Fsp3) is 0.600. The Morgan fingerprint density at radius 3 is 2.88 bits per heavy atom. The van der Waals surface area contributed by atoms with E-state index in [1.807, 2.05) is 0 Å². The first-order valence-electron chi connectivity index (χ1n) is 6.78. The lowest BCUT2D eigenvalue weighted by Crippen LogP contribution is -2.34. The molecule has 1 heterocycles. The lowest BCUT2D eigenvalue weighted by molar-refractivity contribution is 0.261. The standard InChI is InChI=1S/C15H24N2/c1-3-12(2)13-4-5-15-11-17(9-7-16)8-6-14(15)10-13/h4-5,10,12H,3,6-9,11,16H2,1-2H3. The van der Waals surface area contributed by atoms with Crippen molar-refractivity contribution in [1.82, 2.24) is 4.90 Å². The maximum Gasteiger partial charge on any atom is 0.0237 e. The number of fused-ring (bicyclic) bond motifs is 1. The molecule has 1 aromatic carbocycles. The minimum atomic E-state index is 0.683. The summed E-state index contributed by atoms with van der Waals surface area (Å²) >= 11 is 0. The molecule has 17 heavy (non-hydrogen) atoms. The molecule has 0 bridgehead atoms. The average molecular weight is 232 g/mol. The molecule has 94 valence electrons. The third-order valence-corrected chi connectivity index (χ3v) is 3.95. The van der Waals surface area contributed by atoms with Crippen LogP contribution in [0.1, 0.15) is 42.9 Å². The van der Waals surface area contributed by atoms with Crippen LogP contribution in [0.5, 0.6) is 0 Å². The zero-order valence-electron chi connectivity index (χ0n) is 11.1. The summed E-state index contributed by atoms with van der Waals surface area (Å²) in [5, 5.41) is 0. The van der Waals surface area contributed by atoms with E-state index in [1.54, 1.807) is 5.56 Å². The zero-order chi connectivity index (χ0) is 12.3. The third-order valence-electron chi connectivity index (χ3n) is 3.95. The molecule has 0 aromatic heterocycles. The minimum absolute atomic E-state index is 0.683. The highest BCUT2D eigenvalue weighted by Crippen LogP contribution is 2.25. The monoisotopic (exact) mass is 232 g/mol. The van der Waals surface area contributed by atoms with Crippen molar-refractivity contribution in [1.29, 1.82) is 0 Å². The van der Waals surface area contributed by atoms with Crippen molar-refractivity contribution in [2.24, 2.45) is 5.73 Å². The Morgan fingerprint density at radius 2 is 2.18 bits per heavy atom. The second-order valence-electron chi connectivity index (χ2n) is 5.15. The summed E-state index contributed by atoms with van der Waals surface area (Å²) in [6.07, 6.45) is 2.40. The highest BCUT2D eigenvalue weighted by molar-refractivity contribution is 5.35. The van der Waals surface area contributed by atoms with Gasteiger partial charge in [-0.15, -0.1) is 0 Å². The molecule has 1 aromatic rings. The van der Waals surface area contributed by atoms with Gasteiger partial charge in [0.1, 0.15) is 0 Å². The third kappa shape index (κ3) is 2.88. The Balaban J connectivity index is 2.14. The smallest absolute Gasteiger partial charge is 0.0237 e. The summed E-state index contributed by atoms with van der Waals surface area (Å²) in [7, 11) is 0. The zero-order valence-corrected chi connectivity index (χ0v) is 11.1. The number of rotatable bonds is 4. The fourth-order valence-corrected chi connectivity index (χ4v) is 2.55. The van der Waals surface area contributed by atoms with Crippen LogP contribution in [0.4, 0.5) is 0 Å². The predicted octanol–water partition coefficient (Wildman–Crippen LogP) is 2.52. The minimum Gasteiger partial charge on any atom is -0.329 e. The summed E-state index contributed by atoms with van der Waals surface area (Å²) in [6, 6.07) is 7.04. The van der Waals surface area contributed by atoms with E-state index in [-0.39, 0.29) is 0 Å². The van der Waals surface area contributed by atoms with E-state index >= 15 is 0 Å². The molecule has 0 amide bonds. The second kappa shape index (κ2) is 5.65. The van der Waals surface area contributed by atoms with Crippen LogP contribution in [-0.4, -0.2) is 24.5 Å². The molecular formula is C15H24N2. The number of nitrogens with two attached hydrogens (primary N) is 1. The summed E-state index contributed by atoms with van der Waals surface area (Å²) in [5.41, 5.74) is 10.2. The molecule has 0 spiro atoms. The summed E-state index contributed by atoms with van der Waals surface area (Å²) in [6.45, 7) is 8.59. The Kier molecular flexibility index (Phi) is 4.19. The molecule has 2 heteroatoms. The maximum absolute atomic E-state index is 5.62. The van der Waals surface area contributed by atoms with Gasteiger partial charge in [0.2, 0.25) is 0 Å². The van der Waals surface area contributed by atoms with Crippen molar-refractivity contribution in [2.75, 3.05) is 19.6 Å². The molecule has 2 N–H and O–H groups in total. The van der Waals surface area contributed by atoms with Gasteiger partial charge in [0.25, 0.3) is 0 Å². The molecule has 0 radical (unpaired) electrons. The SMILES string of the molecule is CCC(C)c1ccc2c(c1)CCN(CCN)C2. The summed E-state index contributed by atoms with van der Waals surface area (Å²) in [4.78, 5) is 2.45. The van der Waals surface area contributed by atoms with E-state index < -0.39 is 0 Å². The van der Waals surface area contributed by atoms with Gasteiger partial charge in [-0.05, 0) is 35.4 Å². The van der Waals surface area contributed by atoms with Crippen LogP contribution >= 0.6 is 0 Å². The van der Waals surface area contributed by atoms with Gasteiger partial charge in [-0.25, -0.2) is 0 Å². The van der Waals surface area contributed by atoms with Crippen LogP contribution in [0.15, 0.2) is 18.2 Å². The van der Waals surface area contributed by atoms with E-state index in [4.69, 9.17) is 5.73 Å². The van der Waals surface area contributed by atoms with Crippen LogP contribution in [0.25, 0.3) is 0 Å². The van der Waals surface area contributed by atoms with Crippen molar-refractivity contribution in [2.45, 2.75) is 39.2 Å². The van der Waals surface area contributed by atoms with E-state index in [9.17, 15) is 0 Å². The van der Waals surface area contributed by atoms with E-state index in [0.717, 1.165) is 26.2 Å². The van der Waals surface area contributed by atoms with Crippen LogP contribution in [0, 0.1) is 0 Å². The molecule has 0 fully saturated rings. The van der Waals surface area contributed by atoms with Crippen molar-refractivity contribution < 1.29 is 0 Å². The fourth-order valence-electron chi connectivity index (χ4n) is 2.55. The quantitative estimate of drug-likeness (QED) is 0.864. The second-order valence-corrected chi connectivity index (χ2v) is 5.15. The number of hydrogen-bond acceptors (Lipinski definition) is 2. The highest BCUT2D eigenvalue weighted by atomic mass is 15.1. The van der Waals surface area contributed by atoms with Crippen LogP contribution in [0.3, 0.4) is 0 Å². The van der Waals surface area contributed by atoms with Crippen molar-refractivity contribution in [3.8, 4) is 0 Å². The van der Waals surface area contributed by atoms with E-state index in [0.29, 0.717) is 5.92 Å². The van der Waals surface area contributed by atoms with Gasteiger partial charge in [-0.3, -0.25) is 4.90 Å². The van der Waals surface area contributed by atoms with E-state index in [1.165, 1.54) is 24.0 Å². The Hall–Kier alpha value is -0.860. The lowest BCUT2D eigenvalue weighted by atomic mass is 9.91. The highest BCUT2D eigenvalue weighted by Gasteiger charge is 2.16. The van der Waals surface area contributed by atoms with Gasteiger partial charge in [-0.2, -0.15) is 0 Å². The van der Waals surface area contributed by atoms with Gasteiger partial charge in [-0.1, -0.05) is 32.0 Å². The molecule has 1 aliphatic rings. The van der Waals surface area contributed by atoms with Crippen LogP contribution in [0.2, 0.25) is 0 Å². The summed E-state index contributed by atoms with van der Waals surface area (Å²) < 4.78 is 0. The Labute approximate surface area is 105 Å². The number of nitrogens with zero attached hydrogens (tertiary/aromatic N) is 1. The normalized spacial score (nSPS) is 17.8.